The summed E-state index contributed by atoms with van der Waals surface area (Å²) < 4.78 is 26.3. The van der Waals surface area contributed by atoms with Crippen LogP contribution in [-0.2, 0) is 4.79 Å². The maximum atomic E-state index is 13.3. The molecule has 152 valence electrons. The van der Waals surface area contributed by atoms with Crippen LogP contribution in [0.25, 0.3) is 0 Å². The van der Waals surface area contributed by atoms with Crippen LogP contribution in [0.3, 0.4) is 0 Å². The van der Waals surface area contributed by atoms with Gasteiger partial charge in [0.1, 0.15) is 11.6 Å². The fourth-order valence-electron chi connectivity index (χ4n) is 3.63. The molecule has 2 atom stereocenters. The Hall–Kier alpha value is -3.06. The number of benzene rings is 2. The van der Waals surface area contributed by atoms with Crippen LogP contribution in [0.5, 0.6) is 0 Å². The molecule has 29 heavy (non-hydrogen) atoms. The van der Waals surface area contributed by atoms with Crippen molar-refractivity contribution in [2.75, 3.05) is 27.2 Å². The van der Waals surface area contributed by atoms with E-state index in [1.165, 1.54) is 42.5 Å². The molecular formula is C22H24F2N4O. The number of nitrogens with one attached hydrogen (secondary N) is 1. The molecule has 2 aromatic carbocycles. The summed E-state index contributed by atoms with van der Waals surface area (Å²) in [5.74, 6) is -1.02. The van der Waals surface area contributed by atoms with E-state index in [9.17, 15) is 13.6 Å². The van der Waals surface area contributed by atoms with Gasteiger partial charge >= 0.3 is 0 Å². The molecule has 3 rings (SSSR count). The highest BCUT2D eigenvalue weighted by Gasteiger charge is 2.37. The van der Waals surface area contributed by atoms with Crippen molar-refractivity contribution in [1.29, 1.82) is 5.41 Å². The van der Waals surface area contributed by atoms with Gasteiger partial charge in [0.2, 0.25) is 0 Å². The quantitative estimate of drug-likeness (QED) is 0.601. The molecule has 1 aliphatic rings. The molecular weight excluding hydrogens is 374 g/mol. The number of likely N-dealkylation sites (N-methyl/N-ethyl adjacent to an activating group) is 1. The Kier molecular flexibility index (Phi) is 6.08. The first kappa shape index (κ1) is 20.7. The number of halogens is 2. The highest BCUT2D eigenvalue weighted by molar-refractivity contribution is 6.10. The average molecular weight is 398 g/mol. The van der Waals surface area contributed by atoms with Gasteiger partial charge in [-0.05, 0) is 67.7 Å². The lowest BCUT2D eigenvalue weighted by Crippen LogP contribution is -2.37. The van der Waals surface area contributed by atoms with Crippen LogP contribution in [0, 0.1) is 17.0 Å². The van der Waals surface area contributed by atoms with E-state index in [4.69, 9.17) is 11.1 Å². The van der Waals surface area contributed by atoms with E-state index in [1.807, 2.05) is 19.0 Å². The molecule has 0 aromatic heterocycles. The maximum Gasteiger partial charge on any atom is 0.269 e. The van der Waals surface area contributed by atoms with Crippen molar-refractivity contribution in [2.45, 2.75) is 12.0 Å². The number of nitrogens with two attached hydrogens (primary N) is 1. The van der Waals surface area contributed by atoms with Crippen molar-refractivity contribution in [3.8, 4) is 0 Å². The molecule has 0 unspecified atom stereocenters. The Morgan fingerprint density at radius 3 is 2.17 bits per heavy atom. The minimum Gasteiger partial charge on any atom is -0.394 e. The molecule has 1 heterocycles. The first-order chi connectivity index (χ1) is 13.8. The summed E-state index contributed by atoms with van der Waals surface area (Å²) in [4.78, 5) is 16.6. The summed E-state index contributed by atoms with van der Waals surface area (Å²) in [6.45, 7) is 0.929. The average Bonchev–Trinajstić information content (AvgIpc) is 3.14. The van der Waals surface area contributed by atoms with E-state index in [-0.39, 0.29) is 35.1 Å². The van der Waals surface area contributed by atoms with Crippen molar-refractivity contribution in [3.63, 3.8) is 0 Å². The van der Waals surface area contributed by atoms with E-state index < -0.39 is 5.82 Å². The second-order valence-electron chi connectivity index (χ2n) is 7.42. The number of amides is 1. The fourth-order valence-corrected chi connectivity index (χ4v) is 3.63. The van der Waals surface area contributed by atoms with Gasteiger partial charge in [0.15, 0.2) is 0 Å². The molecule has 2 aromatic rings. The molecule has 0 radical (unpaired) electrons. The van der Waals surface area contributed by atoms with Crippen LogP contribution in [0.1, 0.15) is 17.0 Å². The molecule has 0 saturated carbocycles. The number of carbonyl (C=O) groups is 1. The lowest BCUT2D eigenvalue weighted by atomic mass is 9.94. The van der Waals surface area contributed by atoms with Crippen molar-refractivity contribution in [3.05, 3.63) is 83.1 Å². The molecule has 1 amide bonds. The minimum absolute atomic E-state index is 0.0268. The normalized spacial score (nSPS) is 19.6. The second-order valence-corrected chi connectivity index (χ2v) is 7.42. The lowest BCUT2D eigenvalue weighted by molar-refractivity contribution is -0.126. The molecule has 1 saturated heterocycles. The Bertz CT molecular complexity index is 923. The first-order valence-corrected chi connectivity index (χ1v) is 9.29. The molecule has 5 nitrogen and oxygen atoms in total. The fraction of sp³-hybridized carbons (Fsp3) is 0.273. The topological polar surface area (TPSA) is 73.4 Å². The molecule has 0 aliphatic carbocycles. The minimum atomic E-state index is -0.395. The first-order valence-electron chi connectivity index (χ1n) is 9.29. The molecule has 7 heteroatoms. The zero-order chi connectivity index (χ0) is 21.1. The monoisotopic (exact) mass is 398 g/mol. The van der Waals surface area contributed by atoms with Crippen LogP contribution in [0.15, 0.2) is 60.3 Å². The second kappa shape index (κ2) is 8.53. The Labute approximate surface area is 168 Å². The van der Waals surface area contributed by atoms with Gasteiger partial charge in [-0.3, -0.25) is 4.79 Å². The van der Waals surface area contributed by atoms with Crippen LogP contribution in [0.4, 0.5) is 8.78 Å². The number of carbonyl (C=O) groups excluding carboxylic acids is 1. The maximum absolute atomic E-state index is 13.3. The van der Waals surface area contributed by atoms with Crippen LogP contribution in [-0.4, -0.2) is 54.6 Å². The molecule has 0 bridgehead atoms. The zero-order valence-electron chi connectivity index (χ0n) is 16.4. The predicted octanol–water partition coefficient (Wildman–Crippen LogP) is 2.73. The van der Waals surface area contributed by atoms with Gasteiger partial charge < -0.3 is 20.9 Å². The smallest absolute Gasteiger partial charge is 0.269 e. The van der Waals surface area contributed by atoms with Crippen LogP contribution >= 0.6 is 0 Å². The van der Waals surface area contributed by atoms with Gasteiger partial charge in [-0.25, -0.2) is 8.78 Å². The van der Waals surface area contributed by atoms with Crippen LogP contribution in [0.2, 0.25) is 0 Å². The Morgan fingerprint density at radius 2 is 1.62 bits per heavy atom. The van der Waals surface area contributed by atoms with Gasteiger partial charge in [0, 0.05) is 25.0 Å². The molecule has 1 aliphatic heterocycles. The molecule has 1 fully saturated rings. The summed E-state index contributed by atoms with van der Waals surface area (Å²) in [5, 5.41) is 8.10. The number of hydrogen-bond donors (Lipinski definition) is 2. The largest absolute Gasteiger partial charge is 0.394 e. The SMILES string of the molecule is CN(C)[C@H]1CN(C(=O)/C(N)=C/C(=N)c2ccc(F)cc2)C[C@@H]1c1ccc(F)cc1. The summed E-state index contributed by atoms with van der Waals surface area (Å²) in [6.07, 6.45) is 1.30. The van der Waals surface area contributed by atoms with Gasteiger partial charge in [-0.2, -0.15) is 0 Å². The van der Waals surface area contributed by atoms with Gasteiger partial charge in [-0.15, -0.1) is 0 Å². The summed E-state index contributed by atoms with van der Waals surface area (Å²) in [6, 6.07) is 11.8. The summed E-state index contributed by atoms with van der Waals surface area (Å²) in [5.41, 5.74) is 7.41. The van der Waals surface area contributed by atoms with E-state index >= 15 is 0 Å². The van der Waals surface area contributed by atoms with E-state index in [0.29, 0.717) is 18.7 Å². The third-order valence-electron chi connectivity index (χ3n) is 5.24. The highest BCUT2D eigenvalue weighted by Crippen LogP contribution is 2.31. The Balaban J connectivity index is 1.76. The van der Waals surface area contributed by atoms with E-state index in [0.717, 1.165) is 5.56 Å². The number of likely N-dealkylation sites (tertiary alicyclic amines) is 1. The lowest BCUT2D eigenvalue weighted by Gasteiger charge is -2.25. The van der Waals surface area contributed by atoms with Crippen molar-refractivity contribution in [2.24, 2.45) is 5.73 Å². The number of rotatable bonds is 5. The number of allylic oxidation sites excluding steroid dienone is 1. The number of nitrogens with zero attached hydrogens (tertiary/aromatic N) is 2. The third kappa shape index (κ3) is 4.68. The standard InChI is InChI=1S/C22H24F2N4O/c1-27(2)21-13-28(12-18(21)14-3-7-16(23)8-4-14)22(29)20(26)11-19(25)15-5-9-17(24)10-6-15/h3-11,18,21,25H,12-13,26H2,1-2H3/b20-11-,25-19?/t18-,21+/m1/s1. The van der Waals surface area contributed by atoms with Gasteiger partial charge in [0.05, 0.1) is 11.4 Å². The van der Waals surface area contributed by atoms with Crippen molar-refractivity contribution in [1.82, 2.24) is 9.80 Å². The van der Waals surface area contributed by atoms with E-state index in [2.05, 4.69) is 0 Å². The molecule has 3 N–H and O–H groups in total. The van der Waals surface area contributed by atoms with Gasteiger partial charge in [-0.1, -0.05) is 12.1 Å². The Morgan fingerprint density at radius 1 is 1.07 bits per heavy atom. The highest BCUT2D eigenvalue weighted by atomic mass is 19.1. The zero-order valence-corrected chi connectivity index (χ0v) is 16.4. The van der Waals surface area contributed by atoms with Crippen LogP contribution < -0.4 is 5.73 Å². The molecule has 0 spiro atoms. The number of hydrogen-bond acceptors (Lipinski definition) is 4. The van der Waals surface area contributed by atoms with Crippen molar-refractivity contribution < 1.29 is 13.6 Å². The van der Waals surface area contributed by atoms with Gasteiger partial charge in [0.25, 0.3) is 5.91 Å². The summed E-state index contributed by atoms with van der Waals surface area (Å²) >= 11 is 0. The third-order valence-corrected chi connectivity index (χ3v) is 5.24. The predicted molar refractivity (Wildman–Crippen MR) is 109 cm³/mol. The van der Waals surface area contributed by atoms with E-state index in [1.54, 1.807) is 17.0 Å². The van der Waals surface area contributed by atoms with Crippen molar-refractivity contribution >= 4 is 11.6 Å². The summed E-state index contributed by atoms with van der Waals surface area (Å²) in [7, 11) is 3.89.